The number of likely N-dealkylation sites (N-methyl/N-ethyl adjacent to an activating group) is 1. The third kappa shape index (κ3) is 4.17. The summed E-state index contributed by atoms with van der Waals surface area (Å²) in [4.78, 5) is 15.4. The number of benzene rings is 2. The van der Waals surface area contributed by atoms with E-state index in [1.165, 1.54) is 43.0 Å². The number of allylic oxidation sites excluding steroid dienone is 2. The van der Waals surface area contributed by atoms with Gasteiger partial charge in [-0.25, -0.2) is 4.83 Å². The lowest BCUT2D eigenvalue weighted by Crippen LogP contribution is -2.23. The molecule has 0 bridgehead atoms. The molecular formula is C21H24N4O3S. The van der Waals surface area contributed by atoms with E-state index >= 15 is 0 Å². The number of nitrogens with one attached hydrogen (secondary N) is 2. The van der Waals surface area contributed by atoms with E-state index in [0.29, 0.717) is 5.69 Å². The zero-order chi connectivity index (χ0) is 21.2. The zero-order valence-corrected chi connectivity index (χ0v) is 17.6. The van der Waals surface area contributed by atoms with Crippen LogP contribution >= 0.6 is 0 Å². The summed E-state index contributed by atoms with van der Waals surface area (Å²) in [7, 11) is -1.82. The van der Waals surface area contributed by atoms with Gasteiger partial charge >= 0.3 is 0 Å². The lowest BCUT2D eigenvalue weighted by atomic mass is 9.84. The molecule has 3 rings (SSSR count). The maximum absolute atomic E-state index is 12.4. The van der Waals surface area contributed by atoms with E-state index in [2.05, 4.69) is 46.1 Å². The number of nitrogens with zero attached hydrogens (tertiary/aromatic N) is 2. The zero-order valence-electron chi connectivity index (χ0n) is 16.8. The number of sulfonamides is 1. The summed E-state index contributed by atoms with van der Waals surface area (Å²) in [6, 6.07) is 14.0. The third-order valence-corrected chi connectivity index (χ3v) is 6.14. The van der Waals surface area contributed by atoms with Crippen LogP contribution in [0.4, 0.5) is 11.4 Å². The van der Waals surface area contributed by atoms with Crippen molar-refractivity contribution in [2.75, 3.05) is 17.3 Å². The molecule has 1 aliphatic rings. The monoisotopic (exact) mass is 412 g/mol. The molecule has 2 N–H and O–H groups in total. The molecule has 29 heavy (non-hydrogen) atoms. The molecule has 0 aromatic heterocycles. The van der Waals surface area contributed by atoms with Crippen molar-refractivity contribution in [3.8, 4) is 0 Å². The summed E-state index contributed by atoms with van der Waals surface area (Å²) in [6.07, 6.45) is 3.26. The molecule has 0 unspecified atom stereocenters. The molecule has 8 heteroatoms. The highest BCUT2D eigenvalue weighted by Gasteiger charge is 2.37. The lowest BCUT2D eigenvalue weighted by molar-refractivity contribution is -0.114. The van der Waals surface area contributed by atoms with Crippen molar-refractivity contribution in [2.24, 2.45) is 5.10 Å². The Kier molecular flexibility index (Phi) is 5.48. The third-order valence-electron chi connectivity index (χ3n) is 4.91. The second kappa shape index (κ2) is 7.71. The molecule has 0 atom stereocenters. The van der Waals surface area contributed by atoms with Gasteiger partial charge in [0, 0.05) is 42.7 Å². The number of para-hydroxylation sites is 1. The van der Waals surface area contributed by atoms with E-state index < -0.39 is 10.0 Å². The maximum Gasteiger partial charge on any atom is 0.276 e. The van der Waals surface area contributed by atoms with Crippen LogP contribution in [0.5, 0.6) is 0 Å². The maximum atomic E-state index is 12.4. The average Bonchev–Trinajstić information content (AvgIpc) is 2.85. The Morgan fingerprint density at radius 3 is 2.38 bits per heavy atom. The number of carbonyl (C=O) groups excluding carboxylic acids is 1. The van der Waals surface area contributed by atoms with Crippen LogP contribution in [-0.2, 0) is 20.2 Å². The predicted molar refractivity (Wildman–Crippen MR) is 116 cm³/mol. The fourth-order valence-corrected chi connectivity index (χ4v) is 4.28. The summed E-state index contributed by atoms with van der Waals surface area (Å²) in [5.74, 6) is -0.224. The number of hydrogen-bond acceptors (Lipinski definition) is 5. The largest absolute Gasteiger partial charge is 0.347 e. The molecule has 1 aliphatic heterocycles. The van der Waals surface area contributed by atoms with E-state index in [1.807, 2.05) is 25.3 Å². The lowest BCUT2D eigenvalue weighted by Gasteiger charge is -2.23. The van der Waals surface area contributed by atoms with Crippen LogP contribution in [0.1, 0.15) is 26.3 Å². The Balaban J connectivity index is 1.73. The van der Waals surface area contributed by atoms with Crippen molar-refractivity contribution >= 4 is 33.5 Å². The number of rotatable bonds is 5. The van der Waals surface area contributed by atoms with Crippen molar-refractivity contribution < 1.29 is 13.2 Å². The summed E-state index contributed by atoms with van der Waals surface area (Å²) in [5.41, 5.74) is 3.66. The van der Waals surface area contributed by atoms with Crippen LogP contribution < -0.4 is 15.0 Å². The number of fused-ring (bicyclic) bond motifs is 1. The normalized spacial score (nSPS) is 16.8. The number of hydrazone groups is 1. The van der Waals surface area contributed by atoms with Crippen molar-refractivity contribution in [2.45, 2.75) is 31.1 Å². The van der Waals surface area contributed by atoms with Gasteiger partial charge < -0.3 is 10.2 Å². The molecule has 1 amide bonds. The van der Waals surface area contributed by atoms with Gasteiger partial charge in [0.25, 0.3) is 10.0 Å². The van der Waals surface area contributed by atoms with Crippen LogP contribution in [0, 0.1) is 0 Å². The van der Waals surface area contributed by atoms with Gasteiger partial charge in [-0.2, -0.15) is 13.5 Å². The standard InChI is InChI=1S/C21H24N4O3S/c1-15(26)23-16-9-11-17(12-10-16)29(27,28)24-22-14-13-20-21(2,3)18-7-5-6-8-19(18)25(20)4/h5-14,24H,1-4H3,(H,23,26)/b20-13-,22-14-. The van der Waals surface area contributed by atoms with E-state index in [0.717, 1.165) is 11.4 Å². The molecular weight excluding hydrogens is 388 g/mol. The summed E-state index contributed by atoms with van der Waals surface area (Å²) >= 11 is 0. The van der Waals surface area contributed by atoms with Crippen molar-refractivity contribution in [1.29, 1.82) is 0 Å². The molecule has 0 fully saturated rings. The average molecular weight is 413 g/mol. The second-order valence-electron chi connectivity index (χ2n) is 7.33. The fraction of sp³-hybridized carbons (Fsp3) is 0.238. The quantitative estimate of drug-likeness (QED) is 0.583. The summed E-state index contributed by atoms with van der Waals surface area (Å²) in [5, 5.41) is 6.47. The molecule has 2 aromatic rings. The Labute approximate surface area is 171 Å². The molecule has 2 aromatic carbocycles. The first-order valence-electron chi connectivity index (χ1n) is 9.09. The van der Waals surface area contributed by atoms with E-state index in [1.54, 1.807) is 0 Å². The minimum atomic E-state index is -3.80. The van der Waals surface area contributed by atoms with Gasteiger partial charge in [0.05, 0.1) is 4.90 Å². The topological polar surface area (TPSA) is 90.9 Å². The number of anilines is 2. The molecule has 0 aliphatic carbocycles. The Hall–Kier alpha value is -3.13. The van der Waals surface area contributed by atoms with Crippen molar-refractivity contribution in [3.63, 3.8) is 0 Å². The number of amides is 1. The first-order valence-corrected chi connectivity index (χ1v) is 10.6. The Morgan fingerprint density at radius 2 is 1.76 bits per heavy atom. The van der Waals surface area contributed by atoms with Crippen LogP contribution in [0.15, 0.2) is 70.3 Å². The summed E-state index contributed by atoms with van der Waals surface area (Å²) in [6.45, 7) is 5.63. The van der Waals surface area contributed by atoms with Crippen molar-refractivity contribution in [1.82, 2.24) is 4.83 Å². The van der Waals surface area contributed by atoms with Crippen LogP contribution in [0.25, 0.3) is 0 Å². The van der Waals surface area contributed by atoms with Gasteiger partial charge in [-0.3, -0.25) is 4.79 Å². The van der Waals surface area contributed by atoms with Gasteiger partial charge in [0.1, 0.15) is 0 Å². The fourth-order valence-electron chi connectivity index (χ4n) is 3.48. The smallest absolute Gasteiger partial charge is 0.276 e. The molecule has 0 spiro atoms. The first-order chi connectivity index (χ1) is 13.6. The van der Waals surface area contributed by atoms with Gasteiger partial charge in [-0.15, -0.1) is 0 Å². The van der Waals surface area contributed by atoms with Crippen LogP contribution in [0.3, 0.4) is 0 Å². The molecule has 152 valence electrons. The number of hydrogen-bond donors (Lipinski definition) is 2. The SMILES string of the molecule is CC(=O)Nc1ccc(S(=O)(=O)N/N=C\C=C2/N(C)c3ccccc3C2(C)C)cc1. The molecule has 7 nitrogen and oxygen atoms in total. The highest BCUT2D eigenvalue weighted by molar-refractivity contribution is 7.89. The van der Waals surface area contributed by atoms with E-state index in [9.17, 15) is 13.2 Å². The van der Waals surface area contributed by atoms with Gasteiger partial charge in [0.15, 0.2) is 0 Å². The Morgan fingerprint density at radius 1 is 1.10 bits per heavy atom. The van der Waals surface area contributed by atoms with Gasteiger partial charge in [0.2, 0.25) is 5.91 Å². The Bertz CT molecular complexity index is 1090. The summed E-state index contributed by atoms with van der Waals surface area (Å²) < 4.78 is 24.8. The number of carbonyl (C=O) groups is 1. The van der Waals surface area contributed by atoms with Crippen LogP contribution in [0.2, 0.25) is 0 Å². The highest BCUT2D eigenvalue weighted by atomic mass is 32.2. The minimum absolute atomic E-state index is 0.0575. The van der Waals surface area contributed by atoms with Crippen molar-refractivity contribution in [3.05, 3.63) is 65.9 Å². The van der Waals surface area contributed by atoms with Gasteiger partial charge in [-0.05, 0) is 42.0 Å². The molecule has 1 heterocycles. The molecule has 0 saturated heterocycles. The molecule has 0 radical (unpaired) electrons. The highest BCUT2D eigenvalue weighted by Crippen LogP contribution is 2.46. The van der Waals surface area contributed by atoms with Gasteiger partial charge in [-0.1, -0.05) is 32.0 Å². The van der Waals surface area contributed by atoms with E-state index in [4.69, 9.17) is 0 Å². The van der Waals surface area contributed by atoms with Crippen LogP contribution in [-0.4, -0.2) is 27.6 Å². The minimum Gasteiger partial charge on any atom is -0.347 e. The first kappa shape index (κ1) is 20.6. The molecule has 0 saturated carbocycles. The van der Waals surface area contributed by atoms with E-state index in [-0.39, 0.29) is 16.2 Å². The second-order valence-corrected chi connectivity index (χ2v) is 8.99. The predicted octanol–water partition coefficient (Wildman–Crippen LogP) is 3.22.